The van der Waals surface area contributed by atoms with Crippen LogP contribution in [-0.4, -0.2) is 37.2 Å². The molecule has 0 amide bonds. The summed E-state index contributed by atoms with van der Waals surface area (Å²) in [6.45, 7) is 6.37. The van der Waals surface area contributed by atoms with Crippen LogP contribution in [0.1, 0.15) is 284 Å². The first kappa shape index (κ1) is 75.3. The quantitative estimate of drug-likeness (QED) is 0.0261. The van der Waals surface area contributed by atoms with Crippen molar-refractivity contribution in [2.75, 3.05) is 13.2 Å². The molecule has 0 bridgehead atoms. The van der Waals surface area contributed by atoms with E-state index in [0.29, 0.717) is 19.3 Å². The smallest absolute Gasteiger partial charge is 0.306 e. The van der Waals surface area contributed by atoms with Gasteiger partial charge >= 0.3 is 17.9 Å². The molecule has 0 aromatic carbocycles. The number of hydrogen-bond acceptors (Lipinski definition) is 6. The Labute approximate surface area is 493 Å². The molecular formula is C74H120O6. The number of allylic oxidation sites excluding steroid dienone is 24. The van der Waals surface area contributed by atoms with Gasteiger partial charge in [-0.15, -0.1) is 0 Å². The van der Waals surface area contributed by atoms with Crippen LogP contribution in [-0.2, 0) is 28.6 Å². The number of unbranched alkanes of at least 4 members (excludes halogenated alkanes) is 23. The molecule has 0 aliphatic heterocycles. The molecule has 0 heterocycles. The van der Waals surface area contributed by atoms with Crippen molar-refractivity contribution in [3.63, 3.8) is 0 Å². The lowest BCUT2D eigenvalue weighted by molar-refractivity contribution is -0.167. The second-order valence-electron chi connectivity index (χ2n) is 21.3. The summed E-state index contributed by atoms with van der Waals surface area (Å²) in [5, 5.41) is 0. The highest BCUT2D eigenvalue weighted by atomic mass is 16.6. The van der Waals surface area contributed by atoms with Crippen molar-refractivity contribution < 1.29 is 28.6 Å². The van der Waals surface area contributed by atoms with Crippen molar-refractivity contribution in [2.45, 2.75) is 290 Å². The van der Waals surface area contributed by atoms with Crippen LogP contribution in [0.25, 0.3) is 0 Å². The summed E-state index contributed by atoms with van der Waals surface area (Å²) < 4.78 is 16.9. The minimum Gasteiger partial charge on any atom is -0.462 e. The van der Waals surface area contributed by atoms with Crippen molar-refractivity contribution in [1.29, 1.82) is 0 Å². The fraction of sp³-hybridized carbons (Fsp3) is 0.635. The van der Waals surface area contributed by atoms with Crippen molar-refractivity contribution in [2.24, 2.45) is 0 Å². The Morgan fingerprint density at radius 1 is 0.263 bits per heavy atom. The molecule has 6 nitrogen and oxygen atoms in total. The molecule has 0 saturated carbocycles. The van der Waals surface area contributed by atoms with Crippen LogP contribution in [0.5, 0.6) is 0 Å². The van der Waals surface area contributed by atoms with E-state index in [1.54, 1.807) is 0 Å². The standard InChI is InChI=1S/C74H120O6/c1-4-7-10-13-16-19-22-25-27-28-29-30-31-32-33-34-35-36-37-38-39-40-41-42-43-44-45-46-47-50-52-55-58-61-64-67-73(76)79-70-71(69-78-72(75)66-63-60-57-54-51-48-24-21-18-15-12-9-6-3)80-74(77)68-65-62-59-56-53-49-26-23-20-17-14-11-8-5-2/h7,9-10,12,16,18-19,21,23,25-27,29-30,32-33,35-36,38-39,41-42,48,51,71H,4-6,8,11,13-15,17,20,22,24,28,31,34,37,40,43-47,49-50,52-70H2,1-3H3/b10-7-,12-9-,19-16-,21-18-,26-23-,27-25-,30-29-,33-32-,36-35-,39-38-,42-41-,51-48-. The summed E-state index contributed by atoms with van der Waals surface area (Å²) in [4.78, 5) is 38.2. The predicted octanol–water partition coefficient (Wildman–Crippen LogP) is 22.7. The maximum Gasteiger partial charge on any atom is 0.306 e. The van der Waals surface area contributed by atoms with E-state index in [9.17, 15) is 14.4 Å². The Morgan fingerprint density at radius 2 is 0.487 bits per heavy atom. The SMILES string of the molecule is CC/C=C\C/C=C\C/C=C\C/C=C\C/C=C\C/C=C\C/C=C\C/C=C\CCCCCCCCCCCCC(=O)OCC(COC(=O)CCCCC/C=C\C/C=C\C/C=C\CC)OC(=O)CCCCCCC/C=C\CCCCCCC. The van der Waals surface area contributed by atoms with Gasteiger partial charge in [-0.05, 0) is 141 Å². The second kappa shape index (κ2) is 66.8. The molecule has 6 heteroatoms. The molecule has 1 unspecified atom stereocenters. The third-order valence-electron chi connectivity index (χ3n) is 13.6. The molecule has 0 spiro atoms. The average Bonchev–Trinajstić information content (AvgIpc) is 3.46. The van der Waals surface area contributed by atoms with Crippen LogP contribution in [0, 0.1) is 0 Å². The lowest BCUT2D eigenvalue weighted by Crippen LogP contribution is -2.30. The molecular weight excluding hydrogens is 985 g/mol. The third-order valence-corrected chi connectivity index (χ3v) is 13.6. The molecule has 0 aliphatic rings. The van der Waals surface area contributed by atoms with Gasteiger partial charge in [0.2, 0.25) is 0 Å². The molecule has 1 atom stereocenters. The van der Waals surface area contributed by atoms with E-state index in [-0.39, 0.29) is 31.1 Å². The molecule has 80 heavy (non-hydrogen) atoms. The molecule has 0 radical (unpaired) electrons. The Kier molecular flexibility index (Phi) is 62.9. The first-order chi connectivity index (χ1) is 39.5. The average molecular weight is 1110 g/mol. The summed E-state index contributed by atoms with van der Waals surface area (Å²) in [5.41, 5.74) is 0. The summed E-state index contributed by atoms with van der Waals surface area (Å²) in [6, 6.07) is 0. The van der Waals surface area contributed by atoms with Gasteiger partial charge in [0.25, 0.3) is 0 Å². The van der Waals surface area contributed by atoms with Crippen LogP contribution in [0.3, 0.4) is 0 Å². The first-order valence-electron chi connectivity index (χ1n) is 32.8. The summed E-state index contributed by atoms with van der Waals surface area (Å²) >= 11 is 0. The molecule has 0 fully saturated rings. The lowest BCUT2D eigenvalue weighted by Gasteiger charge is -2.18. The van der Waals surface area contributed by atoms with Gasteiger partial charge in [0.15, 0.2) is 6.10 Å². The minimum absolute atomic E-state index is 0.0962. The topological polar surface area (TPSA) is 78.9 Å². The third kappa shape index (κ3) is 64.1. The second-order valence-corrected chi connectivity index (χ2v) is 21.3. The van der Waals surface area contributed by atoms with Gasteiger partial charge in [0.05, 0.1) is 0 Å². The zero-order valence-electron chi connectivity index (χ0n) is 51.8. The van der Waals surface area contributed by atoms with Gasteiger partial charge in [-0.25, -0.2) is 0 Å². The van der Waals surface area contributed by atoms with Gasteiger partial charge in [0, 0.05) is 19.3 Å². The molecule has 0 aliphatic carbocycles. The van der Waals surface area contributed by atoms with E-state index in [1.807, 2.05) is 0 Å². The number of ether oxygens (including phenoxy) is 3. The van der Waals surface area contributed by atoms with Crippen LogP contribution < -0.4 is 0 Å². The monoisotopic (exact) mass is 1100 g/mol. The molecule has 452 valence electrons. The summed E-state index contributed by atoms with van der Waals surface area (Å²) in [6.07, 6.45) is 95.8. The maximum atomic E-state index is 12.9. The maximum absolute atomic E-state index is 12.9. The van der Waals surface area contributed by atoms with E-state index in [2.05, 4.69) is 167 Å². The van der Waals surface area contributed by atoms with E-state index in [4.69, 9.17) is 14.2 Å². The van der Waals surface area contributed by atoms with Crippen LogP contribution in [0.15, 0.2) is 146 Å². The van der Waals surface area contributed by atoms with E-state index >= 15 is 0 Å². The van der Waals surface area contributed by atoms with Crippen molar-refractivity contribution in [3.05, 3.63) is 146 Å². The first-order valence-corrected chi connectivity index (χ1v) is 32.8. The summed E-state index contributed by atoms with van der Waals surface area (Å²) in [7, 11) is 0. The van der Waals surface area contributed by atoms with E-state index < -0.39 is 6.10 Å². The van der Waals surface area contributed by atoms with Gasteiger partial charge in [0.1, 0.15) is 13.2 Å². The van der Waals surface area contributed by atoms with Crippen LogP contribution in [0.4, 0.5) is 0 Å². The minimum atomic E-state index is -0.801. The Morgan fingerprint density at radius 3 is 0.787 bits per heavy atom. The van der Waals surface area contributed by atoms with Gasteiger partial charge in [-0.1, -0.05) is 269 Å². The van der Waals surface area contributed by atoms with Gasteiger partial charge in [-0.2, -0.15) is 0 Å². The highest BCUT2D eigenvalue weighted by Gasteiger charge is 2.19. The Hall–Kier alpha value is -4.71. The molecule has 0 saturated heterocycles. The number of hydrogen-bond donors (Lipinski definition) is 0. The largest absolute Gasteiger partial charge is 0.462 e. The van der Waals surface area contributed by atoms with Crippen LogP contribution in [0.2, 0.25) is 0 Å². The Balaban J connectivity index is 4.23. The highest BCUT2D eigenvalue weighted by Crippen LogP contribution is 2.15. The number of carbonyl (C=O) groups is 3. The van der Waals surface area contributed by atoms with Crippen molar-refractivity contribution >= 4 is 17.9 Å². The zero-order valence-corrected chi connectivity index (χ0v) is 51.8. The zero-order chi connectivity index (χ0) is 57.8. The normalized spacial score (nSPS) is 13.1. The van der Waals surface area contributed by atoms with Crippen LogP contribution >= 0.6 is 0 Å². The Bertz CT molecular complexity index is 1750. The number of rotatable bonds is 58. The van der Waals surface area contributed by atoms with Crippen molar-refractivity contribution in [1.82, 2.24) is 0 Å². The molecule has 0 aromatic heterocycles. The lowest BCUT2D eigenvalue weighted by atomic mass is 10.1. The number of esters is 3. The van der Waals surface area contributed by atoms with Gasteiger partial charge < -0.3 is 14.2 Å². The van der Waals surface area contributed by atoms with Crippen molar-refractivity contribution in [3.8, 4) is 0 Å². The molecule has 0 aromatic rings. The summed E-state index contributed by atoms with van der Waals surface area (Å²) in [5.74, 6) is -0.939. The highest BCUT2D eigenvalue weighted by molar-refractivity contribution is 5.71. The van der Waals surface area contributed by atoms with E-state index in [0.717, 1.165) is 154 Å². The molecule has 0 rings (SSSR count). The predicted molar refractivity (Wildman–Crippen MR) is 348 cm³/mol. The van der Waals surface area contributed by atoms with E-state index in [1.165, 1.54) is 89.9 Å². The van der Waals surface area contributed by atoms with Gasteiger partial charge in [-0.3, -0.25) is 14.4 Å². The fourth-order valence-corrected chi connectivity index (χ4v) is 8.70. The number of carbonyl (C=O) groups excluding carboxylic acids is 3. The fourth-order valence-electron chi connectivity index (χ4n) is 8.70. The molecule has 0 N–H and O–H groups in total.